The molecule has 0 saturated carbocycles. The van der Waals surface area contributed by atoms with Crippen LogP contribution in [0, 0.1) is 12.7 Å². The van der Waals surface area contributed by atoms with Crippen molar-refractivity contribution in [2.75, 3.05) is 0 Å². The van der Waals surface area contributed by atoms with Gasteiger partial charge in [-0.1, -0.05) is 0 Å². The van der Waals surface area contributed by atoms with Crippen molar-refractivity contribution < 1.29 is 4.39 Å². The number of nitrogens with zero attached hydrogens (tertiary/aromatic N) is 3. The highest BCUT2D eigenvalue weighted by Gasteiger charge is 2.16. The Bertz CT molecular complexity index is 1190. The van der Waals surface area contributed by atoms with Crippen LogP contribution in [0.3, 0.4) is 0 Å². The lowest BCUT2D eigenvalue weighted by molar-refractivity contribution is 0.629. The fourth-order valence-electron chi connectivity index (χ4n) is 3.27. The molecule has 6 heteroatoms. The third-order valence-corrected chi connectivity index (χ3v) is 4.33. The van der Waals surface area contributed by atoms with Gasteiger partial charge in [0.05, 0.1) is 40.1 Å². The van der Waals surface area contributed by atoms with Crippen LogP contribution in [0.4, 0.5) is 4.39 Å². The molecule has 0 unspecified atom stereocenters. The van der Waals surface area contributed by atoms with Crippen LogP contribution in [0.2, 0.25) is 0 Å². The van der Waals surface area contributed by atoms with Gasteiger partial charge in [0.15, 0.2) is 0 Å². The maximum Gasteiger partial charge on any atom is 0.124 e. The quantitative estimate of drug-likeness (QED) is 0.494. The van der Waals surface area contributed by atoms with E-state index >= 15 is 0 Å². The first kappa shape index (κ1) is 12.4. The first-order valence-electron chi connectivity index (χ1n) is 7.29. The molecule has 0 amide bonds. The maximum absolute atomic E-state index is 13.7. The van der Waals surface area contributed by atoms with Gasteiger partial charge in [0.25, 0.3) is 0 Å². The normalized spacial score (nSPS) is 11.9. The van der Waals surface area contributed by atoms with Gasteiger partial charge >= 0.3 is 0 Å². The second-order valence-corrected chi connectivity index (χ2v) is 5.72. The molecular formula is C17H12FN5. The van der Waals surface area contributed by atoms with Crippen molar-refractivity contribution in [3.05, 3.63) is 54.1 Å². The summed E-state index contributed by atoms with van der Waals surface area (Å²) in [5, 5.41) is 16.0. The second kappa shape index (κ2) is 4.19. The van der Waals surface area contributed by atoms with Gasteiger partial charge in [0, 0.05) is 10.8 Å². The molecule has 3 aromatic heterocycles. The van der Waals surface area contributed by atoms with E-state index in [1.165, 1.54) is 12.1 Å². The number of H-pyrrole nitrogens is 2. The van der Waals surface area contributed by atoms with Crippen LogP contribution in [0.5, 0.6) is 0 Å². The summed E-state index contributed by atoms with van der Waals surface area (Å²) in [6.07, 6.45) is 3.57. The van der Waals surface area contributed by atoms with Crippen molar-refractivity contribution in [1.29, 1.82) is 0 Å². The molecule has 5 nitrogen and oxygen atoms in total. The van der Waals surface area contributed by atoms with E-state index in [2.05, 4.69) is 44.0 Å². The molecule has 5 aromatic rings. The zero-order valence-electron chi connectivity index (χ0n) is 12.3. The van der Waals surface area contributed by atoms with E-state index in [9.17, 15) is 4.39 Å². The molecule has 112 valence electrons. The predicted octanol–water partition coefficient (Wildman–Crippen LogP) is 3.83. The Morgan fingerprint density at radius 3 is 2.78 bits per heavy atom. The van der Waals surface area contributed by atoms with E-state index < -0.39 is 0 Å². The highest BCUT2D eigenvalue weighted by Crippen LogP contribution is 2.33. The summed E-state index contributed by atoms with van der Waals surface area (Å²) in [7, 11) is 0. The summed E-state index contributed by atoms with van der Waals surface area (Å²) >= 11 is 0. The highest BCUT2D eigenvalue weighted by molar-refractivity contribution is 6.07. The minimum absolute atomic E-state index is 0.256. The van der Waals surface area contributed by atoms with Crippen molar-refractivity contribution in [2.45, 2.75) is 6.92 Å². The zero-order chi connectivity index (χ0) is 15.6. The molecule has 0 fully saturated rings. The Morgan fingerprint density at radius 1 is 1.00 bits per heavy atom. The molecule has 0 atom stereocenters. The Morgan fingerprint density at radius 2 is 1.87 bits per heavy atom. The van der Waals surface area contributed by atoms with E-state index in [1.807, 2.05) is 0 Å². The molecular weight excluding hydrogens is 293 g/mol. The molecule has 0 saturated heterocycles. The van der Waals surface area contributed by atoms with Gasteiger partial charge in [0.1, 0.15) is 5.82 Å². The van der Waals surface area contributed by atoms with Gasteiger partial charge in [0.2, 0.25) is 0 Å². The average molecular weight is 305 g/mol. The summed E-state index contributed by atoms with van der Waals surface area (Å²) in [4.78, 5) is 0. The summed E-state index contributed by atoms with van der Waals surface area (Å²) in [5.74, 6) is -0.256. The smallest absolute Gasteiger partial charge is 0.124 e. The van der Waals surface area contributed by atoms with Gasteiger partial charge in [-0.15, -0.1) is 0 Å². The van der Waals surface area contributed by atoms with E-state index in [0.29, 0.717) is 0 Å². The topological polar surface area (TPSA) is 62.3 Å². The van der Waals surface area contributed by atoms with Crippen molar-refractivity contribution >= 4 is 32.8 Å². The SMILES string of the molecule is Cc1cc2[nH]ncc2cc1-n1c2ccc(F)cc2c2[nH]ncc21. The number of rotatable bonds is 1. The first-order chi connectivity index (χ1) is 11.2. The van der Waals surface area contributed by atoms with Gasteiger partial charge in [-0.05, 0) is 42.8 Å². The number of fused-ring (bicyclic) bond motifs is 4. The summed E-state index contributed by atoms with van der Waals surface area (Å²) < 4.78 is 15.8. The lowest BCUT2D eigenvalue weighted by atomic mass is 10.1. The van der Waals surface area contributed by atoms with Crippen molar-refractivity contribution in [1.82, 2.24) is 25.0 Å². The molecule has 0 aliphatic carbocycles. The van der Waals surface area contributed by atoms with Crippen LogP contribution in [0.25, 0.3) is 38.5 Å². The summed E-state index contributed by atoms with van der Waals surface area (Å²) in [5.41, 5.74) is 5.85. The minimum Gasteiger partial charge on any atom is -0.306 e. The maximum atomic E-state index is 13.7. The third kappa shape index (κ3) is 1.60. The molecule has 3 heterocycles. The van der Waals surface area contributed by atoms with Gasteiger partial charge in [-0.25, -0.2) is 4.39 Å². The molecule has 2 N–H and O–H groups in total. The Hall–Kier alpha value is -3.15. The number of aromatic amines is 2. The fourth-order valence-corrected chi connectivity index (χ4v) is 3.27. The Labute approximate surface area is 129 Å². The predicted molar refractivity (Wildman–Crippen MR) is 87.3 cm³/mol. The van der Waals surface area contributed by atoms with Gasteiger partial charge in [-0.3, -0.25) is 10.2 Å². The fraction of sp³-hybridized carbons (Fsp3) is 0.0588. The number of benzene rings is 2. The first-order valence-corrected chi connectivity index (χ1v) is 7.29. The van der Waals surface area contributed by atoms with Crippen LogP contribution in [0.15, 0.2) is 42.7 Å². The van der Waals surface area contributed by atoms with Crippen molar-refractivity contribution in [2.24, 2.45) is 0 Å². The van der Waals surface area contributed by atoms with E-state index in [1.54, 1.807) is 18.5 Å². The molecule has 0 aliphatic rings. The Kier molecular flexibility index (Phi) is 2.26. The molecule has 0 radical (unpaired) electrons. The van der Waals surface area contributed by atoms with E-state index in [4.69, 9.17) is 0 Å². The number of hydrogen-bond donors (Lipinski definition) is 2. The van der Waals surface area contributed by atoms with Crippen molar-refractivity contribution in [3.63, 3.8) is 0 Å². The highest BCUT2D eigenvalue weighted by atomic mass is 19.1. The summed E-state index contributed by atoms with van der Waals surface area (Å²) in [6.45, 7) is 2.05. The molecule has 23 heavy (non-hydrogen) atoms. The van der Waals surface area contributed by atoms with Crippen LogP contribution in [-0.2, 0) is 0 Å². The molecule has 0 spiro atoms. The Balaban J connectivity index is 1.96. The summed E-state index contributed by atoms with van der Waals surface area (Å²) in [6, 6.07) is 8.98. The van der Waals surface area contributed by atoms with Crippen LogP contribution in [0.1, 0.15) is 5.56 Å². The monoisotopic (exact) mass is 305 g/mol. The molecule has 2 aromatic carbocycles. The van der Waals surface area contributed by atoms with E-state index in [-0.39, 0.29) is 5.82 Å². The number of hydrogen-bond acceptors (Lipinski definition) is 2. The number of nitrogens with one attached hydrogen (secondary N) is 2. The second-order valence-electron chi connectivity index (χ2n) is 5.72. The minimum atomic E-state index is -0.256. The van der Waals surface area contributed by atoms with E-state index in [0.717, 1.165) is 44.1 Å². The molecule has 0 aliphatic heterocycles. The zero-order valence-corrected chi connectivity index (χ0v) is 12.3. The lowest BCUT2D eigenvalue weighted by Crippen LogP contribution is -1.96. The largest absolute Gasteiger partial charge is 0.306 e. The molecule has 5 rings (SSSR count). The average Bonchev–Trinajstić information content (AvgIpc) is 3.22. The lowest BCUT2D eigenvalue weighted by Gasteiger charge is -2.10. The van der Waals surface area contributed by atoms with Gasteiger partial charge in [-0.2, -0.15) is 10.2 Å². The number of halogens is 1. The standard InChI is InChI=1S/C17H12FN5/c1-9-4-13-10(7-19-21-13)5-15(9)23-14-3-2-11(18)6-12(14)17-16(23)8-20-22-17/h2-8H,1H3,(H,19,21)(H,20,22). The number of aryl methyl sites for hydroxylation is 1. The van der Waals surface area contributed by atoms with Gasteiger partial charge < -0.3 is 4.57 Å². The van der Waals surface area contributed by atoms with Crippen molar-refractivity contribution in [3.8, 4) is 5.69 Å². The van der Waals surface area contributed by atoms with Crippen LogP contribution in [-0.4, -0.2) is 25.0 Å². The molecule has 0 bridgehead atoms. The van der Waals surface area contributed by atoms with Crippen LogP contribution < -0.4 is 0 Å². The van der Waals surface area contributed by atoms with Crippen LogP contribution >= 0.6 is 0 Å². The number of aromatic nitrogens is 5. The third-order valence-electron chi connectivity index (χ3n) is 4.33.